The van der Waals surface area contributed by atoms with E-state index < -0.39 is 0 Å². The zero-order valence-electron chi connectivity index (χ0n) is 12.5. The van der Waals surface area contributed by atoms with Crippen molar-refractivity contribution in [2.45, 2.75) is 58.0 Å². The SMILES string of the molecule is CCC12CCCN(Cc3ccccc3)C1CC(=O)CC2. The molecule has 108 valence electrons. The minimum Gasteiger partial charge on any atom is -0.300 e. The first-order valence-electron chi connectivity index (χ1n) is 8.03. The van der Waals surface area contributed by atoms with Gasteiger partial charge in [-0.2, -0.15) is 0 Å². The largest absolute Gasteiger partial charge is 0.300 e. The zero-order chi connectivity index (χ0) is 14.0. The second kappa shape index (κ2) is 5.69. The van der Waals surface area contributed by atoms with Gasteiger partial charge in [0.05, 0.1) is 0 Å². The van der Waals surface area contributed by atoms with Gasteiger partial charge in [-0.05, 0) is 43.2 Å². The van der Waals surface area contributed by atoms with Crippen molar-refractivity contribution in [1.29, 1.82) is 0 Å². The number of carbonyl (C=O) groups is 1. The molecule has 2 unspecified atom stereocenters. The number of likely N-dealkylation sites (tertiary alicyclic amines) is 1. The number of rotatable bonds is 3. The lowest BCUT2D eigenvalue weighted by Crippen LogP contribution is -2.54. The molecule has 1 aromatic rings. The minimum absolute atomic E-state index is 0.404. The van der Waals surface area contributed by atoms with E-state index in [2.05, 4.69) is 42.2 Å². The van der Waals surface area contributed by atoms with Gasteiger partial charge in [0.1, 0.15) is 5.78 Å². The van der Waals surface area contributed by atoms with E-state index in [9.17, 15) is 4.79 Å². The molecule has 2 atom stereocenters. The van der Waals surface area contributed by atoms with Gasteiger partial charge in [-0.15, -0.1) is 0 Å². The Bertz CT molecular complexity index is 470. The molecule has 20 heavy (non-hydrogen) atoms. The number of Topliss-reactive ketones (excluding diaryl/α,β-unsaturated/α-hetero) is 1. The second-order valence-electron chi connectivity index (χ2n) is 6.53. The number of hydrogen-bond donors (Lipinski definition) is 0. The highest BCUT2D eigenvalue weighted by Gasteiger charge is 2.46. The van der Waals surface area contributed by atoms with E-state index in [1.165, 1.54) is 24.8 Å². The molecule has 1 saturated heterocycles. The van der Waals surface area contributed by atoms with Crippen LogP contribution in [0.2, 0.25) is 0 Å². The minimum atomic E-state index is 0.404. The number of hydrogen-bond acceptors (Lipinski definition) is 2. The normalized spacial score (nSPS) is 31.1. The van der Waals surface area contributed by atoms with Gasteiger partial charge >= 0.3 is 0 Å². The molecule has 2 heteroatoms. The lowest BCUT2D eigenvalue weighted by Gasteiger charge is -2.52. The maximum atomic E-state index is 11.9. The van der Waals surface area contributed by atoms with Crippen LogP contribution >= 0.6 is 0 Å². The third kappa shape index (κ3) is 2.54. The summed E-state index contributed by atoms with van der Waals surface area (Å²) in [6.07, 6.45) is 6.51. The Morgan fingerprint density at radius 3 is 2.80 bits per heavy atom. The van der Waals surface area contributed by atoms with Gasteiger partial charge in [-0.3, -0.25) is 9.69 Å². The molecule has 1 aliphatic heterocycles. The summed E-state index contributed by atoms with van der Waals surface area (Å²) in [6, 6.07) is 11.2. The van der Waals surface area contributed by atoms with Crippen molar-refractivity contribution in [3.8, 4) is 0 Å². The number of piperidine rings is 1. The molecule has 2 fully saturated rings. The third-order valence-electron chi connectivity index (χ3n) is 5.52. The van der Waals surface area contributed by atoms with Crippen molar-refractivity contribution in [3.63, 3.8) is 0 Å². The number of ketones is 1. The quantitative estimate of drug-likeness (QED) is 0.833. The smallest absolute Gasteiger partial charge is 0.134 e. The molecule has 0 N–H and O–H groups in total. The number of carbonyl (C=O) groups excluding carboxylic acids is 1. The van der Waals surface area contributed by atoms with Gasteiger partial charge in [-0.25, -0.2) is 0 Å². The maximum absolute atomic E-state index is 11.9. The summed E-state index contributed by atoms with van der Waals surface area (Å²) in [6.45, 7) is 4.46. The Kier molecular flexibility index (Phi) is 3.93. The number of fused-ring (bicyclic) bond motifs is 1. The van der Waals surface area contributed by atoms with E-state index in [0.717, 1.165) is 32.4 Å². The van der Waals surface area contributed by atoms with E-state index in [1.54, 1.807) is 0 Å². The molecule has 3 rings (SSSR count). The van der Waals surface area contributed by atoms with E-state index in [-0.39, 0.29) is 0 Å². The average molecular weight is 271 g/mol. The summed E-state index contributed by atoms with van der Waals surface area (Å²) in [5, 5.41) is 0. The van der Waals surface area contributed by atoms with Crippen LogP contribution in [0, 0.1) is 5.41 Å². The van der Waals surface area contributed by atoms with Crippen LogP contribution < -0.4 is 0 Å². The molecule has 0 radical (unpaired) electrons. The Morgan fingerprint density at radius 1 is 1.25 bits per heavy atom. The molecule has 2 nitrogen and oxygen atoms in total. The van der Waals surface area contributed by atoms with Crippen molar-refractivity contribution < 1.29 is 4.79 Å². The Morgan fingerprint density at radius 2 is 2.05 bits per heavy atom. The molecule has 1 heterocycles. The van der Waals surface area contributed by atoms with Crippen LogP contribution in [-0.2, 0) is 11.3 Å². The van der Waals surface area contributed by atoms with Crippen molar-refractivity contribution >= 4 is 5.78 Å². The molecule has 1 saturated carbocycles. The fourth-order valence-electron chi connectivity index (χ4n) is 4.28. The van der Waals surface area contributed by atoms with E-state index in [1.807, 2.05) is 0 Å². The van der Waals surface area contributed by atoms with Crippen LogP contribution in [0.1, 0.15) is 51.0 Å². The molecule has 1 aliphatic carbocycles. The van der Waals surface area contributed by atoms with Crippen molar-refractivity contribution in [1.82, 2.24) is 4.90 Å². The van der Waals surface area contributed by atoms with E-state index in [4.69, 9.17) is 0 Å². The lowest BCUT2D eigenvalue weighted by molar-refractivity contribution is -0.129. The fraction of sp³-hybridized carbons (Fsp3) is 0.611. The van der Waals surface area contributed by atoms with Crippen LogP contribution in [0.5, 0.6) is 0 Å². The van der Waals surface area contributed by atoms with Crippen LogP contribution in [0.4, 0.5) is 0 Å². The average Bonchev–Trinajstić information content (AvgIpc) is 2.49. The summed E-state index contributed by atoms with van der Waals surface area (Å²) in [5.74, 6) is 0.471. The monoisotopic (exact) mass is 271 g/mol. The fourth-order valence-corrected chi connectivity index (χ4v) is 4.28. The van der Waals surface area contributed by atoms with Crippen molar-refractivity contribution in [3.05, 3.63) is 35.9 Å². The van der Waals surface area contributed by atoms with E-state index >= 15 is 0 Å². The van der Waals surface area contributed by atoms with Crippen LogP contribution in [0.25, 0.3) is 0 Å². The third-order valence-corrected chi connectivity index (χ3v) is 5.52. The Labute approximate surface area is 122 Å². The summed E-state index contributed by atoms with van der Waals surface area (Å²) in [4.78, 5) is 14.5. The molecule has 0 aromatic heterocycles. The molecule has 1 aromatic carbocycles. The highest BCUT2D eigenvalue weighted by atomic mass is 16.1. The maximum Gasteiger partial charge on any atom is 0.134 e. The summed E-state index contributed by atoms with van der Waals surface area (Å²) in [5.41, 5.74) is 1.78. The van der Waals surface area contributed by atoms with Gasteiger partial charge < -0.3 is 0 Å². The standard InChI is InChI=1S/C18H25NO/c1-2-18-10-6-12-19(14-15-7-4-3-5-8-15)17(18)13-16(20)9-11-18/h3-5,7-8,17H,2,6,9-14H2,1H3. The van der Waals surface area contributed by atoms with Gasteiger partial charge in [0.25, 0.3) is 0 Å². The molecular weight excluding hydrogens is 246 g/mol. The topological polar surface area (TPSA) is 20.3 Å². The predicted octanol–water partition coefficient (Wildman–Crippen LogP) is 3.80. The molecule has 2 aliphatic rings. The van der Waals surface area contributed by atoms with E-state index in [0.29, 0.717) is 17.2 Å². The van der Waals surface area contributed by atoms with Crippen molar-refractivity contribution in [2.24, 2.45) is 5.41 Å². The molecule has 0 amide bonds. The van der Waals surface area contributed by atoms with Crippen LogP contribution in [-0.4, -0.2) is 23.3 Å². The van der Waals surface area contributed by atoms with Gasteiger partial charge in [0, 0.05) is 25.4 Å². The van der Waals surface area contributed by atoms with Crippen LogP contribution in [0.15, 0.2) is 30.3 Å². The first-order valence-corrected chi connectivity index (χ1v) is 8.03. The Hall–Kier alpha value is -1.15. The first-order chi connectivity index (χ1) is 9.73. The molecular formula is C18H25NO. The molecule has 0 bridgehead atoms. The highest BCUT2D eigenvalue weighted by molar-refractivity contribution is 5.80. The predicted molar refractivity (Wildman–Crippen MR) is 81.5 cm³/mol. The summed E-state index contributed by atoms with van der Waals surface area (Å²) < 4.78 is 0. The number of nitrogens with zero attached hydrogens (tertiary/aromatic N) is 1. The number of benzene rings is 1. The van der Waals surface area contributed by atoms with Gasteiger partial charge in [0.2, 0.25) is 0 Å². The highest BCUT2D eigenvalue weighted by Crippen LogP contribution is 2.47. The van der Waals surface area contributed by atoms with Gasteiger partial charge in [-0.1, -0.05) is 37.3 Å². The van der Waals surface area contributed by atoms with Crippen LogP contribution in [0.3, 0.4) is 0 Å². The first kappa shape index (κ1) is 13.8. The Balaban J connectivity index is 1.81. The molecule has 0 spiro atoms. The van der Waals surface area contributed by atoms with Crippen molar-refractivity contribution in [2.75, 3.05) is 6.54 Å². The summed E-state index contributed by atoms with van der Waals surface area (Å²) >= 11 is 0. The lowest BCUT2D eigenvalue weighted by atomic mass is 9.63. The zero-order valence-corrected chi connectivity index (χ0v) is 12.5. The second-order valence-corrected chi connectivity index (χ2v) is 6.53. The van der Waals surface area contributed by atoms with Gasteiger partial charge in [0.15, 0.2) is 0 Å². The summed E-state index contributed by atoms with van der Waals surface area (Å²) in [7, 11) is 0.